The van der Waals surface area contributed by atoms with E-state index in [4.69, 9.17) is 0 Å². The van der Waals surface area contributed by atoms with E-state index in [1.165, 1.54) is 0 Å². The van der Waals surface area contributed by atoms with Crippen molar-refractivity contribution < 1.29 is 35.0 Å². The summed E-state index contributed by atoms with van der Waals surface area (Å²) < 4.78 is 0. The minimum Gasteiger partial charge on any atom is 0 e. The molecule has 0 unspecified atom stereocenters. The Morgan fingerprint density at radius 2 is 1.20 bits per heavy atom. The fraction of sp³-hybridized carbons (Fsp3) is 0. The second-order valence-corrected chi connectivity index (χ2v) is 16.3. The van der Waals surface area contributed by atoms with Gasteiger partial charge < -0.3 is 0 Å². The van der Waals surface area contributed by atoms with E-state index < -0.39 is 0 Å². The van der Waals surface area contributed by atoms with Crippen molar-refractivity contribution in [3.63, 3.8) is 0 Å². The molecule has 0 fully saturated rings. The van der Waals surface area contributed by atoms with E-state index in [-0.39, 0.29) is 38.7 Å². The maximum Gasteiger partial charge on any atom is 0 e. The molecule has 0 N–H and O–H groups in total. The largest absolute Gasteiger partial charge is 0 e. The molecule has 0 aromatic rings. The quantitative estimate of drug-likeness (QED) is 0.301. The molecule has 0 nitrogen and oxygen atoms in total. The van der Waals surface area contributed by atoms with Crippen LogP contribution in [0.3, 0.4) is 0 Å². The predicted molar refractivity (Wildman–Crippen MR) is 38.4 cm³/mol. The van der Waals surface area contributed by atoms with Crippen LogP contribution >= 0.6 is 54.2 Å². The normalized spacial score (nSPS) is 4.40. The van der Waals surface area contributed by atoms with E-state index in [1.54, 1.807) is 0 Å². The van der Waals surface area contributed by atoms with Crippen molar-refractivity contribution >= 4 is 54.2 Å². The molecule has 0 saturated heterocycles. The zero-order valence-electron chi connectivity index (χ0n) is 2.04. The van der Waals surface area contributed by atoms with Crippen molar-refractivity contribution in [2.24, 2.45) is 0 Å². The van der Waals surface area contributed by atoms with Crippen molar-refractivity contribution in [2.45, 2.75) is 0 Å². The third kappa shape index (κ3) is 18.7. The molecule has 0 amide bonds. The molecule has 0 radical (unpaired) electrons. The predicted octanol–water partition coefficient (Wildman–Crippen LogP) is -0.649. The monoisotopic (exact) mass is 509 g/mol. The molecule has 0 saturated carbocycles. The zero-order chi connectivity index (χ0) is 2.71. The molecular weight excluding hydrogens is 508 g/mol. The van der Waals surface area contributed by atoms with Crippen LogP contribution in [0.4, 0.5) is 0 Å². The van der Waals surface area contributed by atoms with Crippen molar-refractivity contribution in [1.29, 1.82) is 0 Å². The van der Waals surface area contributed by atoms with Gasteiger partial charge in [0.05, 0.1) is 0 Å². The Morgan fingerprint density at radius 3 is 1.20 bits per heavy atom. The molecular formula is HBrI3Ti-. The summed E-state index contributed by atoms with van der Waals surface area (Å²) in [6.07, 6.45) is 0. The van der Waals surface area contributed by atoms with Crippen LogP contribution in [-0.2, 0) is 21.7 Å². The second kappa shape index (κ2) is 15.7. The number of hydrogen-bond donors (Lipinski definition) is 0. The molecule has 5 heavy (non-hydrogen) atoms. The second-order valence-electron chi connectivity index (χ2n) is 0.0540. The Labute approximate surface area is 86.9 Å². The molecule has 0 aliphatic carbocycles. The van der Waals surface area contributed by atoms with Crippen molar-refractivity contribution in [1.82, 2.24) is 0 Å². The topological polar surface area (TPSA) is 0 Å². The Hall–Kier alpha value is 3.38. The third-order valence-electron chi connectivity index (χ3n) is 0. The Kier molecular flexibility index (Phi) is 49.4. The fourth-order valence-electron chi connectivity index (χ4n) is 0. The molecule has 5 heteroatoms. The summed E-state index contributed by atoms with van der Waals surface area (Å²) in [6.45, 7) is 0. The van der Waals surface area contributed by atoms with E-state index in [9.17, 15) is 0 Å². The van der Waals surface area contributed by atoms with Crippen LogP contribution in [0.1, 0.15) is 0 Å². The molecule has 0 aromatic heterocycles. The number of rotatable bonds is 0. The van der Waals surface area contributed by atoms with Gasteiger partial charge in [-0.05, 0) is 0 Å². The van der Waals surface area contributed by atoms with E-state index in [0.29, 0.717) is 13.3 Å². The first kappa shape index (κ1) is 15.8. The van der Waals surface area contributed by atoms with Gasteiger partial charge >= 0.3 is 50.5 Å². The Bertz CT molecular complexity index is 6.85. The average molecular weight is 509 g/mol. The molecule has 0 bridgehead atoms. The molecule has 34 valence electrons. The maximum absolute atomic E-state index is 2.39. The summed E-state index contributed by atoms with van der Waals surface area (Å²) in [5, 5.41) is 0. The van der Waals surface area contributed by atoms with Gasteiger partial charge in [-0.15, -0.1) is 17.0 Å². The standard InChI is InChI=1S/BrH.I3.Ti/c;1-3-2;/h1H;;/q;-1;. The smallest absolute Gasteiger partial charge is 0 e. The summed E-state index contributed by atoms with van der Waals surface area (Å²) >= 11 is 5.30. The van der Waals surface area contributed by atoms with Gasteiger partial charge in [-0.1, -0.05) is 0 Å². The molecule has 0 atom stereocenters. The van der Waals surface area contributed by atoms with E-state index in [1.807, 2.05) is 0 Å². The van der Waals surface area contributed by atoms with Crippen LogP contribution in [0.15, 0.2) is 0 Å². The van der Waals surface area contributed by atoms with Gasteiger partial charge in [0.15, 0.2) is 0 Å². The average Bonchev–Trinajstić information content (AvgIpc) is 0.918. The SMILES string of the molecule is Br.I[I-]I.[Ti]. The molecule has 0 spiro atoms. The van der Waals surface area contributed by atoms with Crippen LogP contribution in [0.25, 0.3) is 0 Å². The van der Waals surface area contributed by atoms with E-state index in [0.717, 1.165) is 0 Å². The van der Waals surface area contributed by atoms with Crippen LogP contribution in [0, 0.1) is 0 Å². The number of hydrogen-bond acceptors (Lipinski definition) is 0. The fourth-order valence-corrected chi connectivity index (χ4v) is 0. The molecule has 0 aliphatic rings. The minimum atomic E-state index is 0. The number of halogens is 4. The maximum atomic E-state index is 2.39. The van der Waals surface area contributed by atoms with Gasteiger partial charge in [-0.2, -0.15) is 0 Å². The third-order valence-corrected chi connectivity index (χ3v) is 0. The summed E-state index contributed by atoms with van der Waals surface area (Å²) in [7, 11) is 0. The van der Waals surface area contributed by atoms with Gasteiger partial charge in [-0.25, -0.2) is 0 Å². The van der Waals surface area contributed by atoms with Crippen molar-refractivity contribution in [3.05, 3.63) is 0 Å². The molecule has 0 aromatic carbocycles. The molecule has 0 heterocycles. The van der Waals surface area contributed by atoms with Crippen LogP contribution in [0.2, 0.25) is 0 Å². The summed E-state index contributed by atoms with van der Waals surface area (Å²) in [5.41, 5.74) is 0. The Balaban J connectivity index is -0.0000000200. The van der Waals surface area contributed by atoms with Gasteiger partial charge in [0, 0.05) is 21.7 Å². The van der Waals surface area contributed by atoms with Crippen molar-refractivity contribution in [3.8, 4) is 0 Å². The van der Waals surface area contributed by atoms with Crippen LogP contribution < -0.4 is 13.3 Å². The molecule has 0 aliphatic heterocycles. The first-order valence-electron chi connectivity index (χ1n) is 0.286. The van der Waals surface area contributed by atoms with Gasteiger partial charge in [0.1, 0.15) is 0 Å². The van der Waals surface area contributed by atoms with Crippen LogP contribution in [-0.4, -0.2) is 0 Å². The molecule has 0 rings (SSSR count). The first-order valence-corrected chi connectivity index (χ1v) is 12.9. The minimum absolute atomic E-state index is 0. The first-order chi connectivity index (χ1) is 1.41. The van der Waals surface area contributed by atoms with Crippen molar-refractivity contribution in [2.75, 3.05) is 0 Å². The summed E-state index contributed by atoms with van der Waals surface area (Å²) in [4.78, 5) is 0. The van der Waals surface area contributed by atoms with E-state index >= 15 is 0 Å². The Morgan fingerprint density at radius 1 is 1.20 bits per heavy atom. The van der Waals surface area contributed by atoms with Crippen LogP contribution in [0.5, 0.6) is 0 Å². The van der Waals surface area contributed by atoms with Gasteiger partial charge in [0.2, 0.25) is 0 Å². The summed E-state index contributed by atoms with van der Waals surface area (Å²) in [5.74, 6) is 0. The van der Waals surface area contributed by atoms with Gasteiger partial charge in [-0.3, -0.25) is 0 Å². The van der Waals surface area contributed by atoms with Gasteiger partial charge in [0.25, 0.3) is 0 Å². The summed E-state index contributed by atoms with van der Waals surface area (Å²) in [6, 6.07) is 0. The van der Waals surface area contributed by atoms with E-state index in [2.05, 4.69) is 37.2 Å². The zero-order valence-corrected chi connectivity index (χ0v) is 11.8.